The Labute approximate surface area is 147 Å². The summed E-state index contributed by atoms with van der Waals surface area (Å²) in [4.78, 5) is 19.4. The van der Waals surface area contributed by atoms with Crippen molar-refractivity contribution < 1.29 is 9.21 Å². The molecule has 2 saturated carbocycles. The molecule has 2 aromatic rings. The Hall–Kier alpha value is -2.04. The number of fused-ring (bicyclic) bond motifs is 1. The maximum absolute atomic E-state index is 12.8. The molecule has 5 nitrogen and oxygen atoms in total. The maximum Gasteiger partial charge on any atom is 0.317 e. The molecule has 0 unspecified atom stereocenters. The van der Waals surface area contributed by atoms with Gasteiger partial charge in [0.1, 0.15) is 5.52 Å². The molecule has 132 valence electrons. The molecular weight excluding hydrogens is 314 g/mol. The van der Waals surface area contributed by atoms with Gasteiger partial charge in [0.05, 0.1) is 5.92 Å². The third kappa shape index (κ3) is 3.12. The molecule has 0 bridgehead atoms. The summed E-state index contributed by atoms with van der Waals surface area (Å²) in [7, 11) is 0. The average molecular weight is 339 g/mol. The molecule has 3 fully saturated rings. The first-order valence-corrected chi connectivity index (χ1v) is 9.69. The molecule has 1 aromatic heterocycles. The van der Waals surface area contributed by atoms with E-state index in [1.165, 1.54) is 25.7 Å². The summed E-state index contributed by atoms with van der Waals surface area (Å²) in [5, 5.41) is 3.35. The SMILES string of the molecule is O=C(NC(C1CC1)C1CC1)N1CCC[C@@H](c2nc3ccccc3o2)C1. The summed E-state index contributed by atoms with van der Waals surface area (Å²) < 4.78 is 5.94. The molecule has 1 aliphatic heterocycles. The van der Waals surface area contributed by atoms with E-state index in [4.69, 9.17) is 4.42 Å². The van der Waals surface area contributed by atoms with Crippen molar-refractivity contribution >= 4 is 17.1 Å². The molecule has 2 aliphatic carbocycles. The highest BCUT2D eigenvalue weighted by Gasteiger charge is 2.43. The number of benzene rings is 1. The van der Waals surface area contributed by atoms with Crippen LogP contribution in [0.1, 0.15) is 50.3 Å². The van der Waals surface area contributed by atoms with Gasteiger partial charge in [-0.05, 0) is 62.5 Å². The number of hydrogen-bond donors (Lipinski definition) is 1. The zero-order valence-corrected chi connectivity index (χ0v) is 14.5. The van der Waals surface area contributed by atoms with Gasteiger partial charge in [0.25, 0.3) is 0 Å². The van der Waals surface area contributed by atoms with Crippen LogP contribution in [-0.2, 0) is 0 Å². The number of hydrogen-bond acceptors (Lipinski definition) is 3. The Morgan fingerprint density at radius 1 is 1.16 bits per heavy atom. The molecule has 0 radical (unpaired) electrons. The zero-order valence-electron chi connectivity index (χ0n) is 14.5. The van der Waals surface area contributed by atoms with Crippen molar-refractivity contribution in [2.75, 3.05) is 13.1 Å². The number of para-hydroxylation sites is 2. The van der Waals surface area contributed by atoms with Gasteiger partial charge >= 0.3 is 6.03 Å². The number of urea groups is 1. The Morgan fingerprint density at radius 3 is 2.64 bits per heavy atom. The molecular formula is C20H25N3O2. The van der Waals surface area contributed by atoms with Gasteiger partial charge in [-0.15, -0.1) is 0 Å². The van der Waals surface area contributed by atoms with E-state index in [2.05, 4.69) is 10.3 Å². The third-order valence-electron chi connectivity index (χ3n) is 5.92. The molecule has 1 N–H and O–H groups in total. The van der Waals surface area contributed by atoms with Crippen LogP contribution in [0.2, 0.25) is 0 Å². The highest BCUT2D eigenvalue weighted by atomic mass is 16.3. The van der Waals surface area contributed by atoms with E-state index < -0.39 is 0 Å². The minimum Gasteiger partial charge on any atom is -0.440 e. The van der Waals surface area contributed by atoms with Crippen molar-refractivity contribution in [1.82, 2.24) is 15.2 Å². The largest absolute Gasteiger partial charge is 0.440 e. The van der Waals surface area contributed by atoms with E-state index in [9.17, 15) is 4.79 Å². The van der Waals surface area contributed by atoms with Crippen molar-refractivity contribution in [2.24, 2.45) is 11.8 Å². The number of aromatic nitrogens is 1. The van der Waals surface area contributed by atoms with Crippen molar-refractivity contribution in [2.45, 2.75) is 50.5 Å². The fourth-order valence-corrected chi connectivity index (χ4v) is 4.19. The first kappa shape index (κ1) is 15.2. The fourth-order valence-electron chi connectivity index (χ4n) is 4.19. The van der Waals surface area contributed by atoms with Gasteiger partial charge in [0, 0.05) is 19.1 Å². The van der Waals surface area contributed by atoms with E-state index in [-0.39, 0.29) is 11.9 Å². The second-order valence-corrected chi connectivity index (χ2v) is 7.96. The Kier molecular flexibility index (Phi) is 3.68. The molecule has 2 amide bonds. The second kappa shape index (κ2) is 6.04. The smallest absolute Gasteiger partial charge is 0.317 e. The molecule has 5 heteroatoms. The second-order valence-electron chi connectivity index (χ2n) is 7.96. The zero-order chi connectivity index (χ0) is 16.8. The molecule has 5 rings (SSSR count). The summed E-state index contributed by atoms with van der Waals surface area (Å²) in [5.74, 6) is 2.44. The number of likely N-dealkylation sites (tertiary alicyclic amines) is 1. The van der Waals surface area contributed by atoms with Crippen molar-refractivity contribution in [3.63, 3.8) is 0 Å². The standard InChI is InChI=1S/C20H25N3O2/c24-20(22-18(13-7-8-13)14-9-10-14)23-11-3-4-15(12-23)19-21-16-5-1-2-6-17(16)25-19/h1-2,5-6,13-15,18H,3-4,7-12H2,(H,22,24)/t15-/m1/s1. The van der Waals surface area contributed by atoms with Crippen molar-refractivity contribution in [1.29, 1.82) is 0 Å². The molecule has 1 atom stereocenters. The van der Waals surface area contributed by atoms with E-state index >= 15 is 0 Å². The number of oxazole rings is 1. The minimum absolute atomic E-state index is 0.115. The number of carbonyl (C=O) groups excluding carboxylic acids is 1. The van der Waals surface area contributed by atoms with Crippen LogP contribution in [0.5, 0.6) is 0 Å². The summed E-state index contributed by atoms with van der Waals surface area (Å²) in [6, 6.07) is 8.40. The number of carbonyl (C=O) groups is 1. The number of amides is 2. The summed E-state index contributed by atoms with van der Waals surface area (Å²) in [5.41, 5.74) is 1.74. The topological polar surface area (TPSA) is 58.4 Å². The van der Waals surface area contributed by atoms with Gasteiger partial charge in [-0.3, -0.25) is 0 Å². The predicted molar refractivity (Wildman–Crippen MR) is 95.3 cm³/mol. The van der Waals surface area contributed by atoms with Crippen LogP contribution >= 0.6 is 0 Å². The van der Waals surface area contributed by atoms with Crippen LogP contribution in [0.15, 0.2) is 28.7 Å². The molecule has 0 spiro atoms. The maximum atomic E-state index is 12.8. The minimum atomic E-state index is 0.115. The molecule has 1 aromatic carbocycles. The van der Waals surface area contributed by atoms with Gasteiger partial charge < -0.3 is 14.6 Å². The highest BCUT2D eigenvalue weighted by Crippen LogP contribution is 2.44. The first-order chi connectivity index (χ1) is 12.3. The molecule has 3 aliphatic rings. The van der Waals surface area contributed by atoms with Gasteiger partial charge in [-0.2, -0.15) is 0 Å². The lowest BCUT2D eigenvalue weighted by molar-refractivity contribution is 0.168. The van der Waals surface area contributed by atoms with Gasteiger partial charge in [0.2, 0.25) is 0 Å². The van der Waals surface area contributed by atoms with Crippen LogP contribution in [0.25, 0.3) is 11.1 Å². The number of piperidine rings is 1. The van der Waals surface area contributed by atoms with Crippen LogP contribution in [0.4, 0.5) is 4.79 Å². The summed E-state index contributed by atoms with van der Waals surface area (Å²) in [6.07, 6.45) is 7.18. The Balaban J connectivity index is 1.27. The molecule has 1 saturated heterocycles. The van der Waals surface area contributed by atoms with Crippen LogP contribution < -0.4 is 5.32 Å². The van der Waals surface area contributed by atoms with Gasteiger partial charge in [-0.25, -0.2) is 9.78 Å². The normalized spacial score (nSPS) is 24.0. The lowest BCUT2D eigenvalue weighted by Gasteiger charge is -2.33. The van der Waals surface area contributed by atoms with Crippen molar-refractivity contribution in [3.05, 3.63) is 30.2 Å². The molecule has 25 heavy (non-hydrogen) atoms. The first-order valence-electron chi connectivity index (χ1n) is 9.69. The van der Waals surface area contributed by atoms with Gasteiger partial charge in [-0.1, -0.05) is 12.1 Å². The van der Waals surface area contributed by atoms with Crippen LogP contribution in [0.3, 0.4) is 0 Å². The van der Waals surface area contributed by atoms with Gasteiger partial charge in [0.15, 0.2) is 11.5 Å². The van der Waals surface area contributed by atoms with E-state index in [1.807, 2.05) is 29.2 Å². The predicted octanol–water partition coefficient (Wildman–Crippen LogP) is 3.91. The average Bonchev–Trinajstić information content (AvgIpc) is 3.57. The van der Waals surface area contributed by atoms with E-state index in [0.29, 0.717) is 12.6 Å². The lowest BCUT2D eigenvalue weighted by Crippen LogP contribution is -2.49. The summed E-state index contributed by atoms with van der Waals surface area (Å²) in [6.45, 7) is 1.55. The van der Waals surface area contributed by atoms with Crippen LogP contribution in [0, 0.1) is 11.8 Å². The number of rotatable bonds is 4. The quantitative estimate of drug-likeness (QED) is 0.919. The molecule has 2 heterocycles. The van der Waals surface area contributed by atoms with Crippen LogP contribution in [-0.4, -0.2) is 35.0 Å². The third-order valence-corrected chi connectivity index (χ3v) is 5.92. The summed E-state index contributed by atoms with van der Waals surface area (Å²) >= 11 is 0. The monoisotopic (exact) mass is 339 g/mol. The Morgan fingerprint density at radius 2 is 1.92 bits per heavy atom. The Bertz CT molecular complexity index is 733. The number of nitrogens with zero attached hydrogens (tertiary/aromatic N) is 2. The number of nitrogens with one attached hydrogen (secondary N) is 1. The highest BCUT2D eigenvalue weighted by molar-refractivity contribution is 5.75. The lowest BCUT2D eigenvalue weighted by atomic mass is 9.98. The van der Waals surface area contributed by atoms with E-state index in [0.717, 1.165) is 48.2 Å². The van der Waals surface area contributed by atoms with Crippen molar-refractivity contribution in [3.8, 4) is 0 Å². The van der Waals surface area contributed by atoms with E-state index in [1.54, 1.807) is 0 Å². The fraction of sp³-hybridized carbons (Fsp3) is 0.600.